The lowest BCUT2D eigenvalue weighted by Gasteiger charge is -2.51. The molecule has 10 saturated heterocycles. The second-order valence-electron chi connectivity index (χ2n) is 31.5. The van der Waals surface area contributed by atoms with Gasteiger partial charge in [0.2, 0.25) is 23.6 Å². The predicted octanol–water partition coefficient (Wildman–Crippen LogP) is -21.4. The van der Waals surface area contributed by atoms with Crippen molar-refractivity contribution in [2.45, 2.75) is 341 Å². The van der Waals surface area contributed by atoms with Crippen LogP contribution in [0.5, 0.6) is 0 Å². The Hall–Kier alpha value is -4.05. The first-order valence-electron chi connectivity index (χ1n) is 39.7. The van der Waals surface area contributed by atoms with E-state index in [0.29, 0.717) is 0 Å². The molecule has 0 aromatic heterocycles. The molecule has 4 amide bonds. The van der Waals surface area contributed by atoms with Crippen molar-refractivity contribution in [1.29, 1.82) is 0 Å². The maximum absolute atomic E-state index is 13.3. The summed E-state index contributed by atoms with van der Waals surface area (Å²) in [5.74, 6) is -3.89. The monoisotopic (exact) mass is 1870 g/mol. The molecule has 0 spiro atoms. The van der Waals surface area contributed by atoms with Gasteiger partial charge < -0.3 is 244 Å². The molecule has 10 heterocycles. The van der Waals surface area contributed by atoms with Crippen molar-refractivity contribution >= 4 is 34.0 Å². The molecule has 730 valence electrons. The van der Waals surface area contributed by atoms with Crippen LogP contribution >= 0.6 is 0 Å². The van der Waals surface area contributed by atoms with E-state index < -0.39 is 400 Å². The summed E-state index contributed by atoms with van der Waals surface area (Å²) < 4.78 is 150. The lowest BCUT2D eigenvalue weighted by atomic mass is 9.93. The quantitative estimate of drug-likeness (QED) is 0.0271. The van der Waals surface area contributed by atoms with Gasteiger partial charge >= 0.3 is 10.4 Å². The number of carbonyl (C=O) groups is 4. The summed E-state index contributed by atoms with van der Waals surface area (Å²) >= 11 is 0. The van der Waals surface area contributed by atoms with E-state index in [4.69, 9.17) is 90.0 Å². The van der Waals surface area contributed by atoms with E-state index in [0.717, 1.165) is 27.7 Å². The van der Waals surface area contributed by atoms with Crippen molar-refractivity contribution in [2.75, 3.05) is 59.5 Å². The number of hydrogen-bond donors (Lipinski definition) is 31. The van der Waals surface area contributed by atoms with Crippen LogP contribution in [-0.4, -0.2) is 536 Å². The minimum atomic E-state index is -5.45. The van der Waals surface area contributed by atoms with Crippen molar-refractivity contribution < 1.29 is 259 Å². The normalized spacial score (nSPS) is 48.6. The maximum atomic E-state index is 13.3. The van der Waals surface area contributed by atoms with Gasteiger partial charge in [-0.2, -0.15) is 8.42 Å². The molecule has 10 rings (SSSR count). The number of ether oxygens (including phenoxy) is 19. The highest BCUT2D eigenvalue weighted by Gasteiger charge is 2.62. The van der Waals surface area contributed by atoms with E-state index in [2.05, 4.69) is 25.5 Å². The van der Waals surface area contributed by atoms with Gasteiger partial charge in [0.1, 0.15) is 238 Å². The summed E-state index contributed by atoms with van der Waals surface area (Å²) in [5, 5.41) is 301. The SMILES string of the molecule is CC(=O)N[C@H]1[C@H](O[C@H]2[C@H](O)[C@@H](NC(C)=O)[C@H](O[C@@H]3[C@@H](O[C@@H]4[C@H](O)[C@H](O[C@H]5[C@H](O)[C@@H](NC(C)=O)[C@H](O[C@H]6[C@H](O)[C@@H](NC(C)=O)C(O)O[C@@H]6CO[C@@H]6O[C@@H](C)[C@@H](O)[C@@H](O)[C@@H]6O)O[C@@H]5CO)O[C@H](CO[C@H]5O[C@H](CO[C@H]6O[C@H](CO)[C@@H](O)[C@H](O)[C@@H]6O)[C@@H](O)[C@H](O[C@H]6O[C@H](CO)[C@@H](O)[C@H](O)[C@@H]6O)[C@@H]5O)[C@H]4O)O[C@H](CO)[C@@H](O)[C@@H]3O)O[C@@H]2CO)O[C@H](CO)[C@H](OS(=O)(=O)O)[C@@H]1O. The van der Waals surface area contributed by atoms with Crippen LogP contribution in [-0.2, 0) is 124 Å². The average Bonchev–Trinajstić information content (AvgIpc) is 0.765. The zero-order chi connectivity index (χ0) is 93.0. The van der Waals surface area contributed by atoms with E-state index in [1.165, 1.54) is 6.92 Å². The van der Waals surface area contributed by atoms with E-state index in [9.17, 15) is 165 Å². The van der Waals surface area contributed by atoms with Crippen molar-refractivity contribution in [1.82, 2.24) is 21.3 Å². The van der Waals surface area contributed by atoms with Gasteiger partial charge in [-0.3, -0.25) is 23.7 Å². The molecule has 58 heteroatoms. The van der Waals surface area contributed by atoms with Gasteiger partial charge in [-0.25, -0.2) is 4.18 Å². The molecule has 10 fully saturated rings. The van der Waals surface area contributed by atoms with Crippen LogP contribution in [0, 0.1) is 0 Å². The minimum absolute atomic E-state index is 0.860. The molecule has 1 unspecified atom stereocenters. The van der Waals surface area contributed by atoms with Crippen LogP contribution in [0.2, 0.25) is 0 Å². The third kappa shape index (κ3) is 23.6. The van der Waals surface area contributed by atoms with Gasteiger partial charge in [0.15, 0.2) is 62.9 Å². The molecule has 0 bridgehead atoms. The Morgan fingerprint density at radius 2 is 0.540 bits per heavy atom. The highest BCUT2D eigenvalue weighted by Crippen LogP contribution is 2.41. The zero-order valence-corrected chi connectivity index (χ0v) is 68.1. The van der Waals surface area contributed by atoms with E-state index >= 15 is 0 Å². The topological polar surface area (TPSA) is 881 Å². The van der Waals surface area contributed by atoms with Gasteiger partial charge in [-0.15, -0.1) is 0 Å². The van der Waals surface area contributed by atoms with E-state index in [-0.39, 0.29) is 0 Å². The average molecular weight is 1870 g/mol. The Bertz CT molecular complexity index is 3570. The maximum Gasteiger partial charge on any atom is 0.397 e. The second-order valence-corrected chi connectivity index (χ2v) is 32.6. The Kier molecular flexibility index (Phi) is 37.0. The molecule has 126 heavy (non-hydrogen) atoms. The summed E-state index contributed by atoms with van der Waals surface area (Å²) in [4.78, 5) is 51.4. The number of amides is 4. The van der Waals surface area contributed by atoms with Gasteiger partial charge in [0.05, 0.1) is 65.6 Å². The van der Waals surface area contributed by atoms with Crippen LogP contribution in [0.4, 0.5) is 0 Å². The van der Waals surface area contributed by atoms with E-state index in [1.54, 1.807) is 0 Å². The number of hydrogen-bond acceptors (Lipinski definition) is 52. The molecule has 57 nitrogen and oxygen atoms in total. The zero-order valence-electron chi connectivity index (χ0n) is 67.3. The van der Waals surface area contributed by atoms with Crippen LogP contribution in [0.25, 0.3) is 0 Å². The fraction of sp³-hybridized carbons (Fsp3) is 0.941. The molecule has 31 N–H and O–H groups in total. The molecule has 0 aromatic rings. The van der Waals surface area contributed by atoms with Gasteiger partial charge in [-0.05, 0) is 6.92 Å². The first-order chi connectivity index (χ1) is 59.3. The highest BCUT2D eigenvalue weighted by molar-refractivity contribution is 7.80. The summed E-state index contributed by atoms with van der Waals surface area (Å²) in [6.07, 6.45) is -98.1. The third-order valence-electron chi connectivity index (χ3n) is 22.6. The second kappa shape index (κ2) is 44.9. The van der Waals surface area contributed by atoms with Crippen LogP contribution in [0.3, 0.4) is 0 Å². The lowest BCUT2D eigenvalue weighted by Crippen LogP contribution is -2.71. The van der Waals surface area contributed by atoms with Crippen LogP contribution < -0.4 is 21.3 Å². The van der Waals surface area contributed by atoms with Crippen LogP contribution in [0.15, 0.2) is 0 Å². The fourth-order valence-electron chi connectivity index (χ4n) is 15.9. The number of aliphatic hydroxyl groups is 26. The van der Waals surface area contributed by atoms with Crippen LogP contribution in [0.1, 0.15) is 34.6 Å². The fourth-order valence-corrected chi connectivity index (χ4v) is 16.5. The van der Waals surface area contributed by atoms with Gasteiger partial charge in [0.25, 0.3) is 0 Å². The lowest BCUT2D eigenvalue weighted by molar-refractivity contribution is -0.398. The minimum Gasteiger partial charge on any atom is -0.394 e. The Balaban J connectivity index is 0.993. The Labute approximate surface area is 713 Å². The van der Waals surface area contributed by atoms with E-state index in [1.807, 2.05) is 0 Å². The summed E-state index contributed by atoms with van der Waals surface area (Å²) in [6, 6.07) is -7.88. The molecule has 0 radical (unpaired) electrons. The van der Waals surface area contributed by atoms with Gasteiger partial charge in [0, 0.05) is 27.7 Å². The Morgan fingerprint density at radius 1 is 0.262 bits per heavy atom. The highest BCUT2D eigenvalue weighted by atomic mass is 32.3. The predicted molar refractivity (Wildman–Crippen MR) is 385 cm³/mol. The molecule has 0 aromatic carbocycles. The molecule has 50 atom stereocenters. The van der Waals surface area contributed by atoms with Crippen molar-refractivity contribution in [3.05, 3.63) is 0 Å². The van der Waals surface area contributed by atoms with Crippen molar-refractivity contribution in [2.24, 2.45) is 0 Å². The number of aliphatic hydroxyl groups excluding tert-OH is 26. The number of rotatable bonds is 33. The Morgan fingerprint density at radius 3 is 0.968 bits per heavy atom. The summed E-state index contributed by atoms with van der Waals surface area (Å²) in [6.45, 7) is -5.28. The smallest absolute Gasteiger partial charge is 0.394 e. The molecule has 10 aliphatic heterocycles. The molecule has 0 aliphatic carbocycles. The third-order valence-corrected chi connectivity index (χ3v) is 23.1. The number of nitrogens with one attached hydrogen (secondary N) is 4. The largest absolute Gasteiger partial charge is 0.397 e. The van der Waals surface area contributed by atoms with Gasteiger partial charge in [-0.1, -0.05) is 0 Å². The molecular weight excluding hydrogens is 1750 g/mol. The van der Waals surface area contributed by atoms with Crippen molar-refractivity contribution in [3.8, 4) is 0 Å². The summed E-state index contributed by atoms with van der Waals surface area (Å²) in [7, 11) is -5.45. The molecule has 10 aliphatic rings. The number of carbonyl (C=O) groups excluding carboxylic acids is 4. The first kappa shape index (κ1) is 104. The molecular formula is C68H114N4O53S. The first-order valence-corrected chi connectivity index (χ1v) is 41.0. The van der Waals surface area contributed by atoms with Crippen molar-refractivity contribution in [3.63, 3.8) is 0 Å². The summed E-state index contributed by atoms with van der Waals surface area (Å²) in [5.41, 5.74) is 0. The standard InChI is InChI=1S/C68H114N4O53S/c1-15-33(83)43(93)47(97)63(109-15)108-14-28-54(39(89)29(59(102)110-28)69-16(2)79)120-60-30(70-17(3)80)41(91)53(24(10-77)114-60)121-67-51(101)57(38(88)27(118-67)13-107-65-50(100)56(122-66-49(99)45(95)35(85)21(7-74)112-66)37(87)26(117-65)12-106-64-48(98)44(94)34(84)20(6-73)111-64)123-68-58(46(96)36(86)22(8-75)113-68)124-62-31(71-18(4)81)40(90)52(23(9-76)115-62)119-61-32(72-19(5)82)42(92)55(25(11-78)116-61)125-126(103,104)105/h15,20-68,73-78,83-102H,6-14H2,1-5H3,(H,69,79)(H,70,80)(H,71,81)(H,72,82)(H,103,104,105)/t15-,20+,21+,22+,23+,24+,25+,26+,27+,28+,29+,30+,31+,32+,33+,34+,35+,36+,37+,38+,39+,40+,41+,42+,43+,44-,45-,46-,47-,48-,49-,50-,51-,52+,53+,54+,55-,56-,57-,58-,59?,60-,61-,62-,63+,64-,65-,66+,67-,68+/m0/s1. The molecule has 0 saturated carbocycles.